The number of hydrogen-bond donors (Lipinski definition) is 2. The summed E-state index contributed by atoms with van der Waals surface area (Å²) < 4.78 is 21.9. The molecule has 0 fully saturated rings. The molecular formula is C11H13N3O3S. The van der Waals surface area contributed by atoms with Gasteiger partial charge >= 0.3 is 0 Å². The summed E-state index contributed by atoms with van der Waals surface area (Å²) in [5.74, 6) is -0.108. The Labute approximate surface area is 104 Å². The molecule has 1 aromatic carbocycles. The molecule has 2 aromatic rings. The van der Waals surface area contributed by atoms with Crippen molar-refractivity contribution < 1.29 is 13.2 Å². The molecule has 0 saturated heterocycles. The van der Waals surface area contributed by atoms with Crippen molar-refractivity contribution in [2.24, 2.45) is 0 Å². The molecule has 1 amide bonds. The van der Waals surface area contributed by atoms with E-state index in [0.717, 1.165) is 17.2 Å². The number of aromatic amines is 1. The van der Waals surface area contributed by atoms with Crippen molar-refractivity contribution >= 4 is 32.5 Å². The number of anilines is 1. The number of hydrogen-bond acceptors (Lipinski definition) is 4. The molecule has 0 unspecified atom stereocenters. The molecule has 0 aliphatic carbocycles. The highest BCUT2D eigenvalue weighted by atomic mass is 32.2. The van der Waals surface area contributed by atoms with Gasteiger partial charge in [-0.2, -0.15) is 5.10 Å². The lowest BCUT2D eigenvalue weighted by Gasteiger charge is -2.01. The third-order valence-corrected chi connectivity index (χ3v) is 3.37. The summed E-state index contributed by atoms with van der Waals surface area (Å²) in [6.45, 7) is 0. The minimum atomic E-state index is -3.13. The molecule has 0 spiro atoms. The SMILES string of the molecule is CS(=O)(=O)CCC(=O)Nc1n[nH]c2ccccc12. The van der Waals surface area contributed by atoms with Gasteiger partial charge in [0.05, 0.1) is 11.3 Å². The van der Waals surface area contributed by atoms with E-state index in [0.29, 0.717) is 5.82 Å². The Hall–Kier alpha value is -1.89. The summed E-state index contributed by atoms with van der Waals surface area (Å²) >= 11 is 0. The van der Waals surface area contributed by atoms with Gasteiger partial charge in [-0.1, -0.05) is 12.1 Å². The number of amides is 1. The van der Waals surface area contributed by atoms with Crippen molar-refractivity contribution in [2.75, 3.05) is 17.3 Å². The van der Waals surface area contributed by atoms with Crippen LogP contribution in [0, 0.1) is 0 Å². The summed E-state index contributed by atoms with van der Waals surface area (Å²) in [6, 6.07) is 7.36. The first-order chi connectivity index (χ1) is 8.46. The predicted molar refractivity (Wildman–Crippen MR) is 69.1 cm³/mol. The van der Waals surface area contributed by atoms with Gasteiger partial charge in [-0.15, -0.1) is 0 Å². The largest absolute Gasteiger partial charge is 0.309 e. The van der Waals surface area contributed by atoms with Crippen LogP contribution in [0.25, 0.3) is 10.9 Å². The van der Waals surface area contributed by atoms with Crippen molar-refractivity contribution in [3.8, 4) is 0 Å². The van der Waals surface area contributed by atoms with Crippen molar-refractivity contribution in [1.82, 2.24) is 10.2 Å². The number of carbonyl (C=O) groups is 1. The van der Waals surface area contributed by atoms with Gasteiger partial charge in [0.15, 0.2) is 5.82 Å². The second-order valence-electron chi connectivity index (χ2n) is 4.05. The molecule has 0 aliphatic heterocycles. The molecule has 0 atom stereocenters. The van der Waals surface area contributed by atoms with E-state index in [9.17, 15) is 13.2 Å². The van der Waals surface area contributed by atoms with Crippen LogP contribution in [0.3, 0.4) is 0 Å². The summed E-state index contributed by atoms with van der Waals surface area (Å²) in [5.41, 5.74) is 0.816. The Bertz CT molecular complexity index is 676. The molecular weight excluding hydrogens is 254 g/mol. The molecule has 7 heteroatoms. The van der Waals surface area contributed by atoms with Gasteiger partial charge in [-0.05, 0) is 12.1 Å². The number of nitrogens with zero attached hydrogens (tertiary/aromatic N) is 1. The number of rotatable bonds is 4. The third kappa shape index (κ3) is 3.07. The number of carbonyl (C=O) groups excluding carboxylic acids is 1. The number of para-hydroxylation sites is 1. The first-order valence-electron chi connectivity index (χ1n) is 5.36. The minimum absolute atomic E-state index is 0.0694. The summed E-state index contributed by atoms with van der Waals surface area (Å²) in [5, 5.41) is 10.1. The second-order valence-corrected chi connectivity index (χ2v) is 6.31. The van der Waals surface area contributed by atoms with Crippen LogP contribution in [0.2, 0.25) is 0 Å². The number of H-pyrrole nitrogens is 1. The van der Waals surface area contributed by atoms with Crippen molar-refractivity contribution in [2.45, 2.75) is 6.42 Å². The number of nitrogens with one attached hydrogen (secondary N) is 2. The fourth-order valence-corrected chi connectivity index (χ4v) is 2.09. The van der Waals surface area contributed by atoms with Crippen molar-refractivity contribution in [3.63, 3.8) is 0 Å². The Morgan fingerprint density at radius 3 is 2.83 bits per heavy atom. The molecule has 1 heterocycles. The summed E-state index contributed by atoms with van der Waals surface area (Å²) in [6.07, 6.45) is 1.03. The maximum absolute atomic E-state index is 11.6. The van der Waals surface area contributed by atoms with Gasteiger partial charge in [0.25, 0.3) is 0 Å². The van der Waals surface area contributed by atoms with E-state index in [1.54, 1.807) is 0 Å². The quantitative estimate of drug-likeness (QED) is 0.862. The first-order valence-corrected chi connectivity index (χ1v) is 7.42. The molecule has 0 bridgehead atoms. The van der Waals surface area contributed by atoms with Gasteiger partial charge in [0.1, 0.15) is 9.84 Å². The highest BCUT2D eigenvalue weighted by Crippen LogP contribution is 2.19. The van der Waals surface area contributed by atoms with E-state index in [-0.39, 0.29) is 18.1 Å². The molecule has 0 saturated carbocycles. The fraction of sp³-hybridized carbons (Fsp3) is 0.273. The first kappa shape index (κ1) is 12.6. The number of benzene rings is 1. The van der Waals surface area contributed by atoms with Crippen LogP contribution >= 0.6 is 0 Å². The fourth-order valence-electron chi connectivity index (χ4n) is 1.53. The average Bonchev–Trinajstić information content (AvgIpc) is 2.70. The van der Waals surface area contributed by atoms with Crippen LogP contribution in [0.15, 0.2) is 24.3 Å². The highest BCUT2D eigenvalue weighted by molar-refractivity contribution is 7.90. The summed E-state index contributed by atoms with van der Waals surface area (Å²) in [4.78, 5) is 11.6. The Morgan fingerprint density at radius 1 is 1.39 bits per heavy atom. The molecule has 0 radical (unpaired) electrons. The molecule has 0 aliphatic rings. The van der Waals surface area contributed by atoms with E-state index in [1.807, 2.05) is 24.3 Å². The zero-order chi connectivity index (χ0) is 13.2. The normalized spacial score (nSPS) is 11.6. The maximum Gasteiger partial charge on any atom is 0.226 e. The van der Waals surface area contributed by atoms with Crippen LogP contribution in [-0.4, -0.2) is 36.5 Å². The lowest BCUT2D eigenvalue weighted by Crippen LogP contribution is -2.16. The van der Waals surface area contributed by atoms with Crippen molar-refractivity contribution in [3.05, 3.63) is 24.3 Å². The smallest absolute Gasteiger partial charge is 0.226 e. The third-order valence-electron chi connectivity index (χ3n) is 2.43. The molecule has 1 aromatic heterocycles. The van der Waals surface area contributed by atoms with E-state index in [2.05, 4.69) is 15.5 Å². The van der Waals surface area contributed by atoms with Crippen LogP contribution < -0.4 is 5.32 Å². The molecule has 2 rings (SSSR count). The maximum atomic E-state index is 11.6. The van der Waals surface area contributed by atoms with E-state index >= 15 is 0 Å². The summed E-state index contributed by atoms with van der Waals surface area (Å²) in [7, 11) is -3.13. The highest BCUT2D eigenvalue weighted by Gasteiger charge is 2.11. The Morgan fingerprint density at radius 2 is 2.11 bits per heavy atom. The van der Waals surface area contributed by atoms with E-state index < -0.39 is 9.84 Å². The van der Waals surface area contributed by atoms with Gasteiger partial charge in [0.2, 0.25) is 5.91 Å². The minimum Gasteiger partial charge on any atom is -0.309 e. The van der Waals surface area contributed by atoms with Crippen LogP contribution in [-0.2, 0) is 14.6 Å². The van der Waals surface area contributed by atoms with Gasteiger partial charge in [0, 0.05) is 18.1 Å². The zero-order valence-electron chi connectivity index (χ0n) is 9.80. The van der Waals surface area contributed by atoms with Crippen LogP contribution in [0.4, 0.5) is 5.82 Å². The lowest BCUT2D eigenvalue weighted by atomic mass is 10.2. The number of aromatic nitrogens is 2. The number of fused-ring (bicyclic) bond motifs is 1. The average molecular weight is 267 g/mol. The molecule has 96 valence electrons. The van der Waals surface area contributed by atoms with E-state index in [1.165, 1.54) is 0 Å². The van der Waals surface area contributed by atoms with Gasteiger partial charge in [-0.3, -0.25) is 9.89 Å². The monoisotopic (exact) mass is 267 g/mol. The molecule has 6 nitrogen and oxygen atoms in total. The van der Waals surface area contributed by atoms with Crippen LogP contribution in [0.1, 0.15) is 6.42 Å². The van der Waals surface area contributed by atoms with Gasteiger partial charge < -0.3 is 5.32 Å². The number of sulfone groups is 1. The second kappa shape index (κ2) is 4.77. The standard InChI is InChI=1S/C11H13N3O3S/c1-18(16,17)7-6-10(15)12-11-8-4-2-3-5-9(8)13-14-11/h2-5H,6-7H2,1H3,(H2,12,13,14,15). The molecule has 18 heavy (non-hydrogen) atoms. The van der Waals surface area contributed by atoms with Gasteiger partial charge in [-0.25, -0.2) is 8.42 Å². The molecule has 2 N–H and O–H groups in total. The van der Waals surface area contributed by atoms with Crippen molar-refractivity contribution in [1.29, 1.82) is 0 Å². The lowest BCUT2D eigenvalue weighted by molar-refractivity contribution is -0.115. The predicted octanol–water partition coefficient (Wildman–Crippen LogP) is 0.936. The zero-order valence-corrected chi connectivity index (χ0v) is 10.6. The Kier molecular flexibility index (Phi) is 3.33. The van der Waals surface area contributed by atoms with Crippen LogP contribution in [0.5, 0.6) is 0 Å². The van der Waals surface area contributed by atoms with E-state index in [4.69, 9.17) is 0 Å². The topological polar surface area (TPSA) is 91.9 Å². The Balaban J connectivity index is 2.08.